The summed E-state index contributed by atoms with van der Waals surface area (Å²) in [5.41, 5.74) is 2.15. The van der Waals surface area contributed by atoms with E-state index in [0.717, 1.165) is 36.0 Å². The topological polar surface area (TPSA) is 59.0 Å². The van der Waals surface area contributed by atoms with Gasteiger partial charge in [0.2, 0.25) is 5.91 Å². The molecule has 2 aromatic rings. The molecule has 2 aliphatic rings. The number of hydrogen-bond donors (Lipinski definition) is 2. The third kappa shape index (κ3) is 2.89. The molecule has 0 bridgehead atoms. The van der Waals surface area contributed by atoms with Crippen LogP contribution >= 0.6 is 15.9 Å². The second-order valence-electron chi connectivity index (χ2n) is 6.90. The van der Waals surface area contributed by atoms with Crippen LogP contribution in [-0.2, 0) is 17.4 Å². The molecule has 1 amide bonds. The molecule has 0 radical (unpaired) electrons. The van der Waals surface area contributed by atoms with Gasteiger partial charge in [-0.05, 0) is 36.1 Å². The lowest BCUT2D eigenvalue weighted by atomic mass is 9.89. The SMILES string of the molecule is Cn1cc([C@H]2CNC[C@@H]2C(=O)NC2(c3cccc(Br)c3)CC2)cn1. The van der Waals surface area contributed by atoms with Crippen molar-refractivity contribution >= 4 is 21.8 Å². The van der Waals surface area contributed by atoms with Crippen LogP contribution in [0.3, 0.4) is 0 Å². The number of halogens is 1. The summed E-state index contributed by atoms with van der Waals surface area (Å²) in [5.74, 6) is 0.294. The van der Waals surface area contributed by atoms with Crippen molar-refractivity contribution in [3.05, 3.63) is 52.3 Å². The zero-order valence-corrected chi connectivity index (χ0v) is 15.2. The van der Waals surface area contributed by atoms with Crippen LogP contribution in [0.15, 0.2) is 41.1 Å². The van der Waals surface area contributed by atoms with Crippen LogP contribution in [0.4, 0.5) is 0 Å². The highest BCUT2D eigenvalue weighted by Crippen LogP contribution is 2.46. The van der Waals surface area contributed by atoms with Crippen molar-refractivity contribution in [2.24, 2.45) is 13.0 Å². The van der Waals surface area contributed by atoms with Crippen LogP contribution in [0, 0.1) is 5.92 Å². The van der Waals surface area contributed by atoms with E-state index >= 15 is 0 Å². The lowest BCUT2D eigenvalue weighted by molar-refractivity contribution is -0.125. The van der Waals surface area contributed by atoms with E-state index < -0.39 is 0 Å². The number of nitrogens with one attached hydrogen (secondary N) is 2. The normalized spacial score (nSPS) is 24.8. The number of hydrogen-bond acceptors (Lipinski definition) is 3. The average Bonchev–Trinajstić information content (AvgIpc) is 2.97. The molecule has 2 atom stereocenters. The number of nitrogens with zero attached hydrogens (tertiary/aromatic N) is 2. The maximum Gasteiger partial charge on any atom is 0.225 e. The van der Waals surface area contributed by atoms with Gasteiger partial charge in [-0.25, -0.2) is 0 Å². The minimum atomic E-state index is -0.178. The first-order valence-corrected chi connectivity index (χ1v) is 9.14. The Bertz CT molecular complexity index is 768. The molecule has 6 heteroatoms. The van der Waals surface area contributed by atoms with Crippen LogP contribution in [0.25, 0.3) is 0 Å². The van der Waals surface area contributed by atoms with Gasteiger partial charge >= 0.3 is 0 Å². The van der Waals surface area contributed by atoms with Gasteiger partial charge in [-0.15, -0.1) is 0 Å². The van der Waals surface area contributed by atoms with E-state index in [1.54, 1.807) is 4.68 Å². The number of benzene rings is 1. The van der Waals surface area contributed by atoms with E-state index in [9.17, 15) is 4.79 Å². The highest BCUT2D eigenvalue weighted by Gasteiger charge is 2.47. The summed E-state index contributed by atoms with van der Waals surface area (Å²) < 4.78 is 2.85. The quantitative estimate of drug-likeness (QED) is 0.844. The molecule has 1 saturated heterocycles. The predicted octanol–water partition coefficient (Wildman–Crippen LogP) is 2.29. The Kier molecular flexibility index (Phi) is 3.96. The van der Waals surface area contributed by atoms with Crippen LogP contribution < -0.4 is 10.6 Å². The lowest BCUT2D eigenvalue weighted by Crippen LogP contribution is -2.41. The van der Waals surface area contributed by atoms with Crippen molar-refractivity contribution < 1.29 is 4.79 Å². The van der Waals surface area contributed by atoms with Gasteiger partial charge in [0.05, 0.1) is 17.7 Å². The van der Waals surface area contributed by atoms with E-state index in [2.05, 4.69) is 43.8 Å². The van der Waals surface area contributed by atoms with Gasteiger partial charge in [0.25, 0.3) is 0 Å². The van der Waals surface area contributed by atoms with Gasteiger partial charge in [-0.3, -0.25) is 9.48 Å². The van der Waals surface area contributed by atoms with Crippen LogP contribution in [0.5, 0.6) is 0 Å². The molecule has 5 nitrogen and oxygen atoms in total. The molecule has 2 fully saturated rings. The van der Waals surface area contributed by atoms with Gasteiger partial charge in [0.15, 0.2) is 0 Å². The molecule has 1 aromatic carbocycles. The lowest BCUT2D eigenvalue weighted by Gasteiger charge is -2.23. The van der Waals surface area contributed by atoms with E-state index in [4.69, 9.17) is 0 Å². The molecule has 24 heavy (non-hydrogen) atoms. The summed E-state index contributed by atoms with van der Waals surface area (Å²) in [5, 5.41) is 10.9. The molecule has 2 N–H and O–H groups in total. The van der Waals surface area contributed by atoms with Gasteiger partial charge < -0.3 is 10.6 Å². The summed E-state index contributed by atoms with van der Waals surface area (Å²) in [6, 6.07) is 8.25. The van der Waals surface area contributed by atoms with Crippen molar-refractivity contribution in [2.75, 3.05) is 13.1 Å². The van der Waals surface area contributed by atoms with Crippen molar-refractivity contribution in [3.63, 3.8) is 0 Å². The third-order valence-corrected chi connectivity index (χ3v) is 5.69. The fourth-order valence-corrected chi connectivity index (χ4v) is 4.06. The zero-order chi connectivity index (χ0) is 16.7. The summed E-state index contributed by atoms with van der Waals surface area (Å²) in [6.45, 7) is 1.55. The second kappa shape index (κ2) is 6.01. The van der Waals surface area contributed by atoms with Crippen molar-refractivity contribution in [1.29, 1.82) is 0 Å². The summed E-state index contributed by atoms with van der Waals surface area (Å²) >= 11 is 3.53. The van der Waals surface area contributed by atoms with Gasteiger partial charge in [0.1, 0.15) is 0 Å². The fourth-order valence-electron chi connectivity index (χ4n) is 3.66. The molecule has 0 spiro atoms. The standard InChI is InChI=1S/C18H21BrN4O/c1-23-11-12(8-21-23)15-9-20-10-16(15)17(24)22-18(5-6-18)13-3-2-4-14(19)7-13/h2-4,7-8,11,15-16,20H,5-6,9-10H2,1H3,(H,22,24)/t15-,16+/m1/s1. The Morgan fingerprint density at radius 2 is 2.25 bits per heavy atom. The second-order valence-corrected chi connectivity index (χ2v) is 7.82. The molecule has 1 aromatic heterocycles. The van der Waals surface area contributed by atoms with Crippen molar-refractivity contribution in [2.45, 2.75) is 24.3 Å². The Hall–Kier alpha value is -1.66. The number of carbonyl (C=O) groups is 1. The number of carbonyl (C=O) groups excluding carboxylic acids is 1. The maximum absolute atomic E-state index is 13.0. The van der Waals surface area contributed by atoms with Crippen LogP contribution in [0.1, 0.15) is 29.9 Å². The third-order valence-electron chi connectivity index (χ3n) is 5.19. The molecule has 2 heterocycles. The highest BCUT2D eigenvalue weighted by molar-refractivity contribution is 9.10. The molecule has 1 aliphatic carbocycles. The smallest absolute Gasteiger partial charge is 0.225 e. The molecular formula is C18H21BrN4O. The Labute approximate surface area is 149 Å². The summed E-state index contributed by atoms with van der Waals surface area (Å²) in [7, 11) is 1.91. The fraction of sp³-hybridized carbons (Fsp3) is 0.444. The summed E-state index contributed by atoms with van der Waals surface area (Å²) in [6.07, 6.45) is 5.90. The first-order chi connectivity index (χ1) is 11.6. The van der Waals surface area contributed by atoms with Crippen molar-refractivity contribution in [1.82, 2.24) is 20.4 Å². The van der Waals surface area contributed by atoms with Crippen molar-refractivity contribution in [3.8, 4) is 0 Å². The summed E-state index contributed by atoms with van der Waals surface area (Å²) in [4.78, 5) is 13.0. The molecule has 0 unspecified atom stereocenters. The highest BCUT2D eigenvalue weighted by atomic mass is 79.9. The monoisotopic (exact) mass is 388 g/mol. The van der Waals surface area contributed by atoms with E-state index in [0.29, 0.717) is 0 Å². The Morgan fingerprint density at radius 3 is 2.92 bits per heavy atom. The molecular weight excluding hydrogens is 368 g/mol. The molecule has 126 valence electrons. The minimum Gasteiger partial charge on any atom is -0.346 e. The number of aromatic nitrogens is 2. The largest absolute Gasteiger partial charge is 0.346 e. The molecule has 1 aliphatic heterocycles. The first kappa shape index (κ1) is 15.8. The number of rotatable bonds is 4. The molecule has 4 rings (SSSR count). The number of amides is 1. The van der Waals surface area contributed by atoms with Gasteiger partial charge in [0, 0.05) is 36.7 Å². The first-order valence-electron chi connectivity index (χ1n) is 8.35. The Morgan fingerprint density at radius 1 is 1.42 bits per heavy atom. The van der Waals surface area contributed by atoms with Gasteiger partial charge in [-0.2, -0.15) is 5.10 Å². The van der Waals surface area contributed by atoms with E-state index in [1.807, 2.05) is 31.6 Å². The molecule has 1 saturated carbocycles. The number of aryl methyl sites for hydroxylation is 1. The van der Waals surface area contributed by atoms with Crippen LogP contribution in [-0.4, -0.2) is 28.8 Å². The van der Waals surface area contributed by atoms with E-state index in [-0.39, 0.29) is 23.3 Å². The maximum atomic E-state index is 13.0. The Balaban J connectivity index is 1.51. The minimum absolute atomic E-state index is 0.0428. The van der Waals surface area contributed by atoms with E-state index in [1.165, 1.54) is 5.56 Å². The zero-order valence-electron chi connectivity index (χ0n) is 13.6. The average molecular weight is 389 g/mol. The van der Waals surface area contributed by atoms with Gasteiger partial charge in [-0.1, -0.05) is 28.1 Å². The van der Waals surface area contributed by atoms with Crippen LogP contribution in [0.2, 0.25) is 0 Å². The predicted molar refractivity (Wildman–Crippen MR) is 95.5 cm³/mol.